The van der Waals surface area contributed by atoms with Crippen molar-refractivity contribution in [1.82, 2.24) is 9.88 Å². The first-order chi connectivity index (χ1) is 11.6. The van der Waals surface area contributed by atoms with Crippen LogP contribution in [-0.4, -0.2) is 35.4 Å². The first kappa shape index (κ1) is 15.9. The van der Waals surface area contributed by atoms with Gasteiger partial charge in [0, 0.05) is 25.8 Å². The minimum absolute atomic E-state index is 0.0577. The number of hydrogen-bond acceptors (Lipinski definition) is 4. The Kier molecular flexibility index (Phi) is 4.43. The number of hydrogen-bond donors (Lipinski definition) is 0. The van der Waals surface area contributed by atoms with Crippen molar-refractivity contribution in [3.05, 3.63) is 59.0 Å². The van der Waals surface area contributed by atoms with Gasteiger partial charge in [0.15, 0.2) is 0 Å². The Morgan fingerprint density at radius 1 is 1.33 bits per heavy atom. The zero-order chi connectivity index (χ0) is 17.1. The molecule has 1 fully saturated rings. The third-order valence-corrected chi connectivity index (χ3v) is 4.13. The summed E-state index contributed by atoms with van der Waals surface area (Å²) < 4.78 is 13.3. The number of aryl methyl sites for hydroxylation is 1. The van der Waals surface area contributed by atoms with Gasteiger partial charge in [-0.2, -0.15) is 5.26 Å². The number of carbonyl (C=O) groups excluding carboxylic acids is 1. The SMILES string of the molecule is Cc1ccnc(N2CCN(Cc3cccc(F)c3)C(=O)C2)c1C#N. The number of piperazine rings is 1. The maximum absolute atomic E-state index is 13.3. The minimum Gasteiger partial charge on any atom is -0.344 e. The topological polar surface area (TPSA) is 60.2 Å². The van der Waals surface area contributed by atoms with Crippen LogP contribution in [0.4, 0.5) is 10.2 Å². The number of anilines is 1. The van der Waals surface area contributed by atoms with Gasteiger partial charge in [0.05, 0.1) is 12.1 Å². The molecule has 1 saturated heterocycles. The van der Waals surface area contributed by atoms with E-state index in [1.165, 1.54) is 12.1 Å². The second-order valence-corrected chi connectivity index (χ2v) is 5.81. The van der Waals surface area contributed by atoms with Crippen molar-refractivity contribution in [2.75, 3.05) is 24.5 Å². The van der Waals surface area contributed by atoms with Crippen molar-refractivity contribution in [2.24, 2.45) is 0 Å². The molecule has 1 aromatic heterocycles. The fraction of sp³-hybridized carbons (Fsp3) is 0.278. The van der Waals surface area contributed by atoms with E-state index in [0.29, 0.717) is 31.0 Å². The number of carbonyl (C=O) groups is 1. The fourth-order valence-corrected chi connectivity index (χ4v) is 2.83. The summed E-state index contributed by atoms with van der Waals surface area (Å²) in [4.78, 5) is 20.2. The second-order valence-electron chi connectivity index (χ2n) is 5.81. The molecule has 0 N–H and O–H groups in total. The van der Waals surface area contributed by atoms with Crippen molar-refractivity contribution in [2.45, 2.75) is 13.5 Å². The van der Waals surface area contributed by atoms with Gasteiger partial charge in [-0.1, -0.05) is 12.1 Å². The Morgan fingerprint density at radius 3 is 2.88 bits per heavy atom. The molecular weight excluding hydrogens is 307 g/mol. The number of benzene rings is 1. The molecular formula is C18H17FN4O. The summed E-state index contributed by atoms with van der Waals surface area (Å²) in [6.45, 7) is 3.50. The molecule has 3 rings (SSSR count). The molecule has 24 heavy (non-hydrogen) atoms. The predicted molar refractivity (Wildman–Crippen MR) is 87.7 cm³/mol. The first-order valence-electron chi connectivity index (χ1n) is 7.71. The Bertz CT molecular complexity index is 815. The van der Waals surface area contributed by atoms with E-state index in [2.05, 4.69) is 11.1 Å². The normalized spacial score (nSPS) is 14.6. The average Bonchev–Trinajstić information content (AvgIpc) is 2.56. The molecule has 0 radical (unpaired) electrons. The van der Waals surface area contributed by atoms with Crippen LogP contribution in [0.25, 0.3) is 0 Å². The monoisotopic (exact) mass is 324 g/mol. The van der Waals surface area contributed by atoms with Gasteiger partial charge in [-0.25, -0.2) is 9.37 Å². The zero-order valence-corrected chi connectivity index (χ0v) is 13.4. The summed E-state index contributed by atoms with van der Waals surface area (Å²) >= 11 is 0. The standard InChI is InChI=1S/C18H17FN4O/c1-13-5-6-21-18(16(13)10-20)23-8-7-22(17(24)12-23)11-14-3-2-4-15(19)9-14/h2-6,9H,7-8,11-12H2,1H3. The first-order valence-corrected chi connectivity index (χ1v) is 7.71. The molecule has 0 spiro atoms. The Morgan fingerprint density at radius 2 is 2.17 bits per heavy atom. The van der Waals surface area contributed by atoms with Crippen molar-refractivity contribution in [1.29, 1.82) is 5.26 Å². The van der Waals surface area contributed by atoms with Crippen LogP contribution in [-0.2, 0) is 11.3 Å². The van der Waals surface area contributed by atoms with Crippen molar-refractivity contribution in [3.63, 3.8) is 0 Å². The van der Waals surface area contributed by atoms with E-state index in [0.717, 1.165) is 11.1 Å². The van der Waals surface area contributed by atoms with Crippen LogP contribution in [0.2, 0.25) is 0 Å². The molecule has 1 aliphatic heterocycles. The summed E-state index contributed by atoms with van der Waals surface area (Å²) in [5.74, 6) is 0.190. The molecule has 2 heterocycles. The van der Waals surface area contributed by atoms with Gasteiger partial charge in [-0.15, -0.1) is 0 Å². The average molecular weight is 324 g/mol. The van der Waals surface area contributed by atoms with E-state index in [1.54, 1.807) is 29.3 Å². The lowest BCUT2D eigenvalue weighted by Gasteiger charge is -2.35. The van der Waals surface area contributed by atoms with Crippen LogP contribution < -0.4 is 4.90 Å². The van der Waals surface area contributed by atoms with Crippen LogP contribution in [0.3, 0.4) is 0 Å². The van der Waals surface area contributed by atoms with Crippen molar-refractivity contribution in [3.8, 4) is 6.07 Å². The number of rotatable bonds is 3. The predicted octanol–water partition coefficient (Wildman–Crippen LogP) is 2.25. The van der Waals surface area contributed by atoms with E-state index in [9.17, 15) is 14.4 Å². The summed E-state index contributed by atoms with van der Waals surface area (Å²) in [5.41, 5.74) is 2.12. The van der Waals surface area contributed by atoms with Crippen LogP contribution in [0, 0.1) is 24.1 Å². The Hall–Kier alpha value is -2.94. The largest absolute Gasteiger partial charge is 0.344 e. The molecule has 122 valence electrons. The number of nitriles is 1. The minimum atomic E-state index is -0.304. The molecule has 2 aromatic rings. The molecule has 0 bridgehead atoms. The maximum Gasteiger partial charge on any atom is 0.242 e. The summed E-state index contributed by atoms with van der Waals surface area (Å²) in [5, 5.41) is 9.32. The highest BCUT2D eigenvalue weighted by Gasteiger charge is 2.26. The van der Waals surface area contributed by atoms with Gasteiger partial charge < -0.3 is 9.80 Å². The van der Waals surface area contributed by atoms with E-state index in [4.69, 9.17) is 0 Å². The van der Waals surface area contributed by atoms with Crippen molar-refractivity contribution >= 4 is 11.7 Å². The third-order valence-electron chi connectivity index (χ3n) is 4.13. The Balaban J connectivity index is 1.73. The van der Waals surface area contributed by atoms with Gasteiger partial charge in [0.2, 0.25) is 5.91 Å². The number of aromatic nitrogens is 1. The van der Waals surface area contributed by atoms with Gasteiger partial charge in [-0.05, 0) is 36.2 Å². The fourth-order valence-electron chi connectivity index (χ4n) is 2.83. The second kappa shape index (κ2) is 6.67. The molecule has 1 aromatic carbocycles. The third kappa shape index (κ3) is 3.20. The van der Waals surface area contributed by atoms with Crippen LogP contribution >= 0.6 is 0 Å². The lowest BCUT2D eigenvalue weighted by molar-refractivity contribution is -0.131. The summed E-state index contributed by atoms with van der Waals surface area (Å²) in [6.07, 6.45) is 1.65. The molecule has 5 nitrogen and oxygen atoms in total. The van der Waals surface area contributed by atoms with E-state index in [1.807, 2.05) is 11.8 Å². The summed E-state index contributed by atoms with van der Waals surface area (Å²) in [7, 11) is 0. The number of pyridine rings is 1. The number of halogens is 1. The highest BCUT2D eigenvalue weighted by molar-refractivity contribution is 5.83. The molecule has 6 heteroatoms. The molecule has 1 aliphatic rings. The molecule has 0 saturated carbocycles. The van der Waals surface area contributed by atoms with E-state index >= 15 is 0 Å². The van der Waals surface area contributed by atoms with Crippen LogP contribution in [0.15, 0.2) is 36.5 Å². The summed E-state index contributed by atoms with van der Waals surface area (Å²) in [6, 6.07) is 10.2. The van der Waals surface area contributed by atoms with Crippen LogP contribution in [0.5, 0.6) is 0 Å². The van der Waals surface area contributed by atoms with Gasteiger partial charge in [0.25, 0.3) is 0 Å². The molecule has 0 unspecified atom stereocenters. The lowest BCUT2D eigenvalue weighted by atomic mass is 10.1. The van der Waals surface area contributed by atoms with Gasteiger partial charge >= 0.3 is 0 Å². The number of amides is 1. The zero-order valence-electron chi connectivity index (χ0n) is 13.4. The Labute approximate surface area is 139 Å². The maximum atomic E-state index is 13.3. The van der Waals surface area contributed by atoms with Gasteiger partial charge in [0.1, 0.15) is 17.7 Å². The number of nitrogens with zero attached hydrogens (tertiary/aromatic N) is 4. The quantitative estimate of drug-likeness (QED) is 0.869. The van der Waals surface area contributed by atoms with Crippen LogP contribution in [0.1, 0.15) is 16.7 Å². The van der Waals surface area contributed by atoms with E-state index in [-0.39, 0.29) is 18.3 Å². The molecule has 0 aliphatic carbocycles. The highest BCUT2D eigenvalue weighted by Crippen LogP contribution is 2.22. The highest BCUT2D eigenvalue weighted by atomic mass is 19.1. The van der Waals surface area contributed by atoms with Crippen molar-refractivity contribution < 1.29 is 9.18 Å². The van der Waals surface area contributed by atoms with Gasteiger partial charge in [-0.3, -0.25) is 4.79 Å². The van der Waals surface area contributed by atoms with E-state index < -0.39 is 0 Å². The lowest BCUT2D eigenvalue weighted by Crippen LogP contribution is -2.50. The molecule has 0 atom stereocenters. The smallest absolute Gasteiger partial charge is 0.242 e. The molecule has 1 amide bonds.